The van der Waals surface area contributed by atoms with E-state index in [4.69, 9.17) is 0 Å². The van der Waals surface area contributed by atoms with Crippen LogP contribution < -0.4 is 29.7 Å². The van der Waals surface area contributed by atoms with Crippen molar-refractivity contribution in [2.75, 3.05) is 18.0 Å². The zero-order valence-electron chi connectivity index (χ0n) is 8.71. The van der Waals surface area contributed by atoms with Gasteiger partial charge < -0.3 is 29.7 Å². The van der Waals surface area contributed by atoms with E-state index in [2.05, 4.69) is 43.0 Å². The molecule has 0 atom stereocenters. The SMILES string of the molecule is CCN(CC)c1ccccc1.[Cl-].[Cl-].[Zn+2]. The molecule has 1 aromatic carbocycles. The fourth-order valence-electron chi connectivity index (χ4n) is 1.23. The van der Waals surface area contributed by atoms with Gasteiger partial charge in [-0.05, 0) is 26.0 Å². The van der Waals surface area contributed by atoms with E-state index in [1.54, 1.807) is 0 Å². The Morgan fingerprint density at radius 1 is 0.929 bits per heavy atom. The van der Waals surface area contributed by atoms with Gasteiger partial charge in [0.05, 0.1) is 0 Å². The molecule has 0 aliphatic heterocycles. The van der Waals surface area contributed by atoms with Gasteiger partial charge in [0.2, 0.25) is 0 Å². The number of rotatable bonds is 3. The number of anilines is 1. The summed E-state index contributed by atoms with van der Waals surface area (Å²) in [6.45, 7) is 6.52. The first kappa shape index (κ1) is 19.7. The van der Waals surface area contributed by atoms with Crippen molar-refractivity contribution < 1.29 is 44.3 Å². The minimum atomic E-state index is 0. The monoisotopic (exact) mass is 283 g/mol. The minimum absolute atomic E-state index is 0. The Morgan fingerprint density at radius 2 is 1.36 bits per heavy atom. The van der Waals surface area contributed by atoms with Crippen LogP contribution in [0.25, 0.3) is 0 Å². The van der Waals surface area contributed by atoms with Crippen molar-refractivity contribution in [1.82, 2.24) is 0 Å². The van der Waals surface area contributed by atoms with Crippen molar-refractivity contribution in [1.29, 1.82) is 0 Å². The molecule has 0 spiro atoms. The third-order valence-corrected chi connectivity index (χ3v) is 1.88. The summed E-state index contributed by atoms with van der Waals surface area (Å²) < 4.78 is 0. The molecule has 1 rings (SSSR count). The number of nitrogens with zero attached hydrogens (tertiary/aromatic N) is 1. The zero-order valence-corrected chi connectivity index (χ0v) is 13.2. The van der Waals surface area contributed by atoms with Gasteiger partial charge in [0, 0.05) is 18.8 Å². The quantitative estimate of drug-likeness (QED) is 0.522. The Bertz CT molecular complexity index is 203. The smallest absolute Gasteiger partial charge is 1.00 e. The topological polar surface area (TPSA) is 3.24 Å². The number of halogens is 2. The molecule has 0 aromatic heterocycles. The van der Waals surface area contributed by atoms with E-state index in [9.17, 15) is 0 Å². The molecule has 0 aliphatic rings. The molecule has 76 valence electrons. The molecule has 0 amide bonds. The van der Waals surface area contributed by atoms with E-state index in [0.29, 0.717) is 0 Å². The van der Waals surface area contributed by atoms with Crippen LogP contribution in [0.3, 0.4) is 0 Å². The molecule has 0 fully saturated rings. The summed E-state index contributed by atoms with van der Waals surface area (Å²) in [5.41, 5.74) is 1.32. The van der Waals surface area contributed by atoms with Crippen LogP contribution in [0.15, 0.2) is 30.3 Å². The van der Waals surface area contributed by atoms with Gasteiger partial charge in [-0.1, -0.05) is 18.2 Å². The normalized spacial score (nSPS) is 7.57. The Kier molecular flexibility index (Phi) is 15.9. The summed E-state index contributed by atoms with van der Waals surface area (Å²) in [5.74, 6) is 0. The number of benzene rings is 1. The summed E-state index contributed by atoms with van der Waals surface area (Å²) in [5, 5.41) is 0. The molecule has 0 aliphatic carbocycles. The fraction of sp³-hybridized carbons (Fsp3) is 0.400. The maximum absolute atomic E-state index is 2.33. The molecule has 0 bridgehead atoms. The van der Waals surface area contributed by atoms with E-state index < -0.39 is 0 Å². The Hall–Kier alpha value is 0.223. The van der Waals surface area contributed by atoms with Crippen molar-refractivity contribution in [3.05, 3.63) is 30.3 Å². The summed E-state index contributed by atoms with van der Waals surface area (Å²) in [6, 6.07) is 10.5. The van der Waals surface area contributed by atoms with Gasteiger partial charge in [-0.3, -0.25) is 0 Å². The van der Waals surface area contributed by atoms with Gasteiger partial charge in [-0.15, -0.1) is 0 Å². The van der Waals surface area contributed by atoms with Crippen LogP contribution in [0.2, 0.25) is 0 Å². The molecule has 0 radical (unpaired) electrons. The van der Waals surface area contributed by atoms with Crippen LogP contribution in [0.5, 0.6) is 0 Å². The largest absolute Gasteiger partial charge is 2.00 e. The fourth-order valence-corrected chi connectivity index (χ4v) is 1.23. The average Bonchev–Trinajstić information content (AvgIpc) is 2.09. The standard InChI is InChI=1S/C10H15N.2ClH.Zn/c1-3-11(4-2)10-8-6-5-7-9-10;;;/h5-9H,3-4H2,1-2H3;2*1H;/q;;;+2/p-2. The molecule has 1 aromatic rings. The minimum Gasteiger partial charge on any atom is -1.00 e. The second kappa shape index (κ2) is 11.3. The van der Waals surface area contributed by atoms with Crippen LogP contribution in [0.4, 0.5) is 5.69 Å². The van der Waals surface area contributed by atoms with Gasteiger partial charge in [-0.2, -0.15) is 0 Å². The molecule has 0 N–H and O–H groups in total. The van der Waals surface area contributed by atoms with Crippen molar-refractivity contribution in [2.24, 2.45) is 0 Å². The second-order valence-corrected chi connectivity index (χ2v) is 2.51. The first-order valence-corrected chi connectivity index (χ1v) is 4.18. The van der Waals surface area contributed by atoms with Crippen LogP contribution in [0.1, 0.15) is 13.8 Å². The summed E-state index contributed by atoms with van der Waals surface area (Å²) >= 11 is 0. The maximum Gasteiger partial charge on any atom is 2.00 e. The van der Waals surface area contributed by atoms with Gasteiger partial charge in [0.25, 0.3) is 0 Å². The van der Waals surface area contributed by atoms with Gasteiger partial charge >= 0.3 is 19.5 Å². The van der Waals surface area contributed by atoms with E-state index >= 15 is 0 Å². The maximum atomic E-state index is 2.33. The van der Waals surface area contributed by atoms with Gasteiger partial charge in [-0.25, -0.2) is 0 Å². The third-order valence-electron chi connectivity index (χ3n) is 1.88. The second-order valence-electron chi connectivity index (χ2n) is 2.51. The van der Waals surface area contributed by atoms with Crippen molar-refractivity contribution in [3.63, 3.8) is 0 Å². The van der Waals surface area contributed by atoms with Crippen LogP contribution >= 0.6 is 0 Å². The van der Waals surface area contributed by atoms with E-state index in [1.807, 2.05) is 6.07 Å². The summed E-state index contributed by atoms with van der Waals surface area (Å²) in [6.07, 6.45) is 0. The number of hydrogen-bond acceptors (Lipinski definition) is 1. The van der Waals surface area contributed by atoms with E-state index in [1.165, 1.54) is 5.69 Å². The van der Waals surface area contributed by atoms with Crippen molar-refractivity contribution in [2.45, 2.75) is 13.8 Å². The van der Waals surface area contributed by atoms with Gasteiger partial charge in [0.15, 0.2) is 0 Å². The molecular weight excluding hydrogens is 270 g/mol. The van der Waals surface area contributed by atoms with Crippen molar-refractivity contribution in [3.8, 4) is 0 Å². The van der Waals surface area contributed by atoms with Crippen molar-refractivity contribution >= 4 is 5.69 Å². The zero-order chi connectivity index (χ0) is 8.10. The molecular formula is C10H15Cl2NZn. The number of para-hydroxylation sites is 1. The van der Waals surface area contributed by atoms with Crippen LogP contribution in [-0.4, -0.2) is 13.1 Å². The first-order chi connectivity index (χ1) is 5.38. The Balaban J connectivity index is -0.000000403. The van der Waals surface area contributed by atoms with Gasteiger partial charge in [0.1, 0.15) is 0 Å². The van der Waals surface area contributed by atoms with E-state index in [0.717, 1.165) is 13.1 Å². The molecule has 1 nitrogen and oxygen atoms in total. The Morgan fingerprint density at radius 3 is 1.71 bits per heavy atom. The molecule has 0 saturated carbocycles. The first-order valence-electron chi connectivity index (χ1n) is 4.18. The molecule has 4 heteroatoms. The van der Waals surface area contributed by atoms with Crippen LogP contribution in [0, 0.1) is 0 Å². The predicted molar refractivity (Wildman–Crippen MR) is 50.0 cm³/mol. The molecule has 0 unspecified atom stereocenters. The molecule has 14 heavy (non-hydrogen) atoms. The molecule has 0 heterocycles. The van der Waals surface area contributed by atoms with Crippen LogP contribution in [-0.2, 0) is 19.5 Å². The van der Waals surface area contributed by atoms with E-state index in [-0.39, 0.29) is 44.3 Å². The molecule has 0 saturated heterocycles. The third kappa shape index (κ3) is 5.85. The average molecular weight is 286 g/mol. The summed E-state index contributed by atoms with van der Waals surface area (Å²) in [4.78, 5) is 2.33. The predicted octanol–water partition coefficient (Wildman–Crippen LogP) is -3.46. The Labute approximate surface area is 112 Å². The number of hydrogen-bond donors (Lipinski definition) is 0. The summed E-state index contributed by atoms with van der Waals surface area (Å²) in [7, 11) is 0.